The molecule has 7 nitrogen and oxygen atoms in total. The van der Waals surface area contributed by atoms with Gasteiger partial charge in [0.15, 0.2) is 6.61 Å². The molecule has 1 aromatic heterocycles. The van der Waals surface area contributed by atoms with Crippen LogP contribution in [0.1, 0.15) is 65.7 Å². The van der Waals surface area contributed by atoms with Crippen LogP contribution in [0.4, 0.5) is 5.69 Å². The van der Waals surface area contributed by atoms with Crippen molar-refractivity contribution in [2.45, 2.75) is 51.0 Å². The highest BCUT2D eigenvalue weighted by atomic mass is 16.5. The zero-order valence-electron chi connectivity index (χ0n) is 22.4. The molecule has 2 amide bonds. The van der Waals surface area contributed by atoms with E-state index in [2.05, 4.69) is 10.6 Å². The Morgan fingerprint density at radius 1 is 0.775 bits per heavy atom. The summed E-state index contributed by atoms with van der Waals surface area (Å²) in [5.41, 5.74) is 3.18. The maximum atomic E-state index is 13.6. The topological polar surface area (TPSA) is 97.4 Å². The van der Waals surface area contributed by atoms with Crippen molar-refractivity contribution < 1.29 is 19.1 Å². The summed E-state index contributed by atoms with van der Waals surface area (Å²) in [4.78, 5) is 43.8. The summed E-state index contributed by atoms with van der Waals surface area (Å²) in [5.74, 6) is -1.36. The molecule has 5 rings (SSSR count). The number of rotatable bonds is 7. The molecule has 0 aliphatic heterocycles. The minimum atomic E-state index is -0.673. The average molecular weight is 536 g/mol. The number of pyridine rings is 1. The number of nitrogens with one attached hydrogen (secondary N) is 2. The normalized spacial score (nSPS) is 14.1. The summed E-state index contributed by atoms with van der Waals surface area (Å²) in [7, 11) is 0. The number of carbonyl (C=O) groups is 3. The number of hydrogen-bond donors (Lipinski definition) is 2. The molecule has 1 heterocycles. The summed E-state index contributed by atoms with van der Waals surface area (Å²) in [5, 5.41) is 6.58. The van der Waals surface area contributed by atoms with Gasteiger partial charge in [-0.15, -0.1) is 0 Å². The lowest BCUT2D eigenvalue weighted by Crippen LogP contribution is -2.38. The Bertz CT molecular complexity index is 1490. The smallest absolute Gasteiger partial charge is 0.340 e. The van der Waals surface area contributed by atoms with Crippen LogP contribution in [0.2, 0.25) is 0 Å². The lowest BCUT2D eigenvalue weighted by molar-refractivity contribution is -0.125. The van der Waals surface area contributed by atoms with Crippen LogP contribution in [0.3, 0.4) is 0 Å². The van der Waals surface area contributed by atoms with E-state index in [1.807, 2.05) is 54.6 Å². The lowest BCUT2D eigenvalue weighted by atomic mass is 9.97. The lowest BCUT2D eigenvalue weighted by Gasteiger charge is -2.21. The van der Waals surface area contributed by atoms with Crippen LogP contribution in [-0.4, -0.2) is 35.4 Å². The first-order valence-electron chi connectivity index (χ1n) is 13.9. The van der Waals surface area contributed by atoms with Crippen LogP contribution in [0, 0.1) is 0 Å². The number of esters is 1. The number of fused-ring (bicyclic) bond motifs is 1. The Kier molecular flexibility index (Phi) is 8.81. The van der Waals surface area contributed by atoms with Crippen molar-refractivity contribution in [3.05, 3.63) is 96.1 Å². The standard InChI is InChI=1S/C33H33N3O4/c37-31(34-24-15-7-2-1-3-8-16-24)22-40-33(39)26-18-10-12-20-29(26)36-32(38)27-21-30(23-13-5-4-6-14-23)35-28-19-11-9-17-25(27)28/h4-6,9-14,17-21,24H,1-3,7-8,15-16,22H2,(H,34,37)(H,36,38). The second-order valence-corrected chi connectivity index (χ2v) is 10.1. The van der Waals surface area contributed by atoms with Gasteiger partial charge in [0.05, 0.1) is 28.0 Å². The minimum absolute atomic E-state index is 0.119. The second kappa shape index (κ2) is 13.0. The molecule has 1 aliphatic carbocycles. The molecule has 1 saturated carbocycles. The number of ether oxygens (including phenoxy) is 1. The van der Waals surface area contributed by atoms with E-state index in [4.69, 9.17) is 9.72 Å². The van der Waals surface area contributed by atoms with E-state index in [1.54, 1.807) is 30.3 Å². The highest BCUT2D eigenvalue weighted by Gasteiger charge is 2.20. The van der Waals surface area contributed by atoms with Gasteiger partial charge in [0.2, 0.25) is 0 Å². The molecule has 40 heavy (non-hydrogen) atoms. The van der Waals surface area contributed by atoms with E-state index in [-0.39, 0.29) is 30.0 Å². The number of amides is 2. The van der Waals surface area contributed by atoms with E-state index in [0.29, 0.717) is 27.8 Å². The molecule has 4 aromatic rings. The van der Waals surface area contributed by atoms with E-state index in [9.17, 15) is 14.4 Å². The Morgan fingerprint density at radius 3 is 2.25 bits per heavy atom. The fourth-order valence-electron chi connectivity index (χ4n) is 5.16. The monoisotopic (exact) mass is 535 g/mol. The third-order valence-corrected chi connectivity index (χ3v) is 7.23. The average Bonchev–Trinajstić information content (AvgIpc) is 2.97. The minimum Gasteiger partial charge on any atom is -0.452 e. The van der Waals surface area contributed by atoms with Crippen molar-refractivity contribution in [2.75, 3.05) is 11.9 Å². The Labute approximate surface area is 234 Å². The quantitative estimate of drug-likeness (QED) is 0.262. The molecule has 2 N–H and O–H groups in total. The summed E-state index contributed by atoms with van der Waals surface area (Å²) >= 11 is 0. The van der Waals surface area contributed by atoms with Crippen LogP contribution in [0.5, 0.6) is 0 Å². The fourth-order valence-corrected chi connectivity index (χ4v) is 5.16. The van der Waals surface area contributed by atoms with Crippen molar-refractivity contribution in [3.63, 3.8) is 0 Å². The van der Waals surface area contributed by atoms with Crippen molar-refractivity contribution in [1.29, 1.82) is 0 Å². The van der Waals surface area contributed by atoms with Gasteiger partial charge in [-0.2, -0.15) is 0 Å². The highest BCUT2D eigenvalue weighted by molar-refractivity contribution is 6.14. The van der Waals surface area contributed by atoms with Crippen molar-refractivity contribution >= 4 is 34.4 Å². The first-order valence-corrected chi connectivity index (χ1v) is 13.9. The Balaban J connectivity index is 1.30. The molecule has 0 saturated heterocycles. The van der Waals surface area contributed by atoms with Crippen LogP contribution in [-0.2, 0) is 9.53 Å². The summed E-state index contributed by atoms with van der Waals surface area (Å²) in [6.07, 6.45) is 7.71. The number of nitrogens with zero attached hydrogens (tertiary/aromatic N) is 1. The largest absolute Gasteiger partial charge is 0.452 e. The zero-order chi connectivity index (χ0) is 27.7. The SMILES string of the molecule is O=C(COC(=O)c1ccccc1NC(=O)c1cc(-c2ccccc2)nc2ccccc12)NC1CCCCCCC1. The summed E-state index contributed by atoms with van der Waals surface area (Å²) in [6.45, 7) is -0.368. The molecule has 0 radical (unpaired) electrons. The molecule has 7 heteroatoms. The molecule has 0 unspecified atom stereocenters. The van der Waals surface area contributed by atoms with E-state index < -0.39 is 5.97 Å². The van der Waals surface area contributed by atoms with E-state index in [1.165, 1.54) is 19.3 Å². The molecule has 3 aromatic carbocycles. The van der Waals surface area contributed by atoms with Gasteiger partial charge in [-0.3, -0.25) is 9.59 Å². The summed E-state index contributed by atoms with van der Waals surface area (Å²) in [6, 6.07) is 25.6. The maximum absolute atomic E-state index is 13.6. The van der Waals surface area contributed by atoms with Gasteiger partial charge in [-0.25, -0.2) is 9.78 Å². The second-order valence-electron chi connectivity index (χ2n) is 10.1. The number of para-hydroxylation sites is 2. The molecule has 1 fully saturated rings. The Hall–Kier alpha value is -4.52. The predicted octanol–water partition coefficient (Wildman–Crippen LogP) is 6.54. The van der Waals surface area contributed by atoms with Crippen LogP contribution >= 0.6 is 0 Å². The Morgan fingerprint density at radius 2 is 1.45 bits per heavy atom. The number of hydrogen-bond acceptors (Lipinski definition) is 5. The molecule has 1 aliphatic rings. The molecule has 204 valence electrons. The van der Waals surface area contributed by atoms with Gasteiger partial charge < -0.3 is 15.4 Å². The van der Waals surface area contributed by atoms with Gasteiger partial charge in [-0.05, 0) is 37.1 Å². The van der Waals surface area contributed by atoms with Crippen LogP contribution in [0.25, 0.3) is 22.2 Å². The third kappa shape index (κ3) is 6.72. The van der Waals surface area contributed by atoms with Crippen molar-refractivity contribution in [1.82, 2.24) is 10.3 Å². The maximum Gasteiger partial charge on any atom is 0.340 e. The van der Waals surface area contributed by atoms with E-state index in [0.717, 1.165) is 31.2 Å². The molecule has 0 spiro atoms. The van der Waals surface area contributed by atoms with Crippen molar-refractivity contribution in [3.8, 4) is 11.3 Å². The molecular weight excluding hydrogens is 502 g/mol. The van der Waals surface area contributed by atoms with Crippen molar-refractivity contribution in [2.24, 2.45) is 0 Å². The van der Waals surface area contributed by atoms with Gasteiger partial charge >= 0.3 is 5.97 Å². The number of carbonyl (C=O) groups excluding carboxylic acids is 3. The van der Waals surface area contributed by atoms with Crippen LogP contribution in [0.15, 0.2) is 84.9 Å². The van der Waals surface area contributed by atoms with Crippen LogP contribution < -0.4 is 10.6 Å². The molecule has 0 bridgehead atoms. The number of aromatic nitrogens is 1. The first-order chi connectivity index (χ1) is 19.6. The van der Waals surface area contributed by atoms with E-state index >= 15 is 0 Å². The summed E-state index contributed by atoms with van der Waals surface area (Å²) < 4.78 is 5.35. The van der Waals surface area contributed by atoms with Gasteiger partial charge in [0.1, 0.15) is 0 Å². The third-order valence-electron chi connectivity index (χ3n) is 7.23. The fraction of sp³-hybridized carbons (Fsp3) is 0.273. The van der Waals surface area contributed by atoms with Gasteiger partial charge in [0.25, 0.3) is 11.8 Å². The highest BCUT2D eigenvalue weighted by Crippen LogP contribution is 2.26. The predicted molar refractivity (Wildman–Crippen MR) is 156 cm³/mol. The van der Waals surface area contributed by atoms with Gasteiger partial charge in [-0.1, -0.05) is 92.8 Å². The number of anilines is 1. The number of benzene rings is 3. The molecular formula is C33H33N3O4. The first kappa shape index (κ1) is 27.1. The zero-order valence-corrected chi connectivity index (χ0v) is 22.4. The molecule has 0 atom stereocenters. The van der Waals surface area contributed by atoms with Gasteiger partial charge in [0, 0.05) is 17.0 Å².